The van der Waals surface area contributed by atoms with Crippen LogP contribution in [0.1, 0.15) is 22.3 Å². The van der Waals surface area contributed by atoms with Crippen molar-refractivity contribution in [3.05, 3.63) is 307 Å². The molecule has 1 aliphatic rings. The number of fused-ring (bicyclic) bond motifs is 6. The summed E-state index contributed by atoms with van der Waals surface area (Å²) in [7, 11) is 0. The van der Waals surface area contributed by atoms with Crippen molar-refractivity contribution in [1.29, 1.82) is 0 Å². The van der Waals surface area contributed by atoms with Crippen LogP contribution in [0, 0.1) is 0 Å². The van der Waals surface area contributed by atoms with Crippen LogP contribution in [0.4, 0.5) is 17.1 Å². The largest absolute Gasteiger partial charge is 0.309 e. The summed E-state index contributed by atoms with van der Waals surface area (Å²) in [6.07, 6.45) is 0. The molecule has 70 heavy (non-hydrogen) atoms. The van der Waals surface area contributed by atoms with Gasteiger partial charge >= 0.3 is 0 Å². The summed E-state index contributed by atoms with van der Waals surface area (Å²) in [4.78, 5) is 2.57. The van der Waals surface area contributed by atoms with Crippen molar-refractivity contribution < 1.29 is 0 Å². The molecule has 0 amide bonds. The molecule has 328 valence electrons. The van der Waals surface area contributed by atoms with Gasteiger partial charge in [-0.2, -0.15) is 0 Å². The minimum atomic E-state index is -0.553. The summed E-state index contributed by atoms with van der Waals surface area (Å²) in [6, 6.07) is 105. The van der Waals surface area contributed by atoms with Crippen LogP contribution in [0.2, 0.25) is 0 Å². The van der Waals surface area contributed by atoms with Crippen molar-refractivity contribution >= 4 is 38.6 Å². The molecule has 0 aliphatic heterocycles. The fourth-order valence-electron chi connectivity index (χ4n) is 11.5. The maximum Gasteiger partial charge on any atom is 0.0714 e. The van der Waals surface area contributed by atoms with Gasteiger partial charge in [-0.3, -0.25) is 0 Å². The molecular formula is C69H47N. The van der Waals surface area contributed by atoms with Crippen LogP contribution in [0.5, 0.6) is 0 Å². The topological polar surface area (TPSA) is 3.24 Å². The van der Waals surface area contributed by atoms with Gasteiger partial charge in [0.05, 0.1) is 16.8 Å². The molecule has 12 aromatic rings. The Morgan fingerprint density at radius 2 is 0.671 bits per heavy atom. The SMILES string of the molecule is c1ccc(-c2cccc(-c3ccc(-c4ccc(N(c5cccc6c5-c5ccccc5C6(c5ccccc5)c5ccccc5)c5c(-c6ccccc6)c6ccccc6c6ccccc56)cc4)cc3)c2)cc1. The molecule has 1 nitrogen and oxygen atoms in total. The summed E-state index contributed by atoms with van der Waals surface area (Å²) in [5.74, 6) is 0. The quantitative estimate of drug-likeness (QED) is 0.131. The second-order valence-corrected chi connectivity index (χ2v) is 18.3. The Bertz CT molecular complexity index is 3800. The van der Waals surface area contributed by atoms with E-state index in [0.29, 0.717) is 0 Å². The molecule has 0 radical (unpaired) electrons. The zero-order valence-electron chi connectivity index (χ0n) is 38.6. The zero-order valence-corrected chi connectivity index (χ0v) is 38.6. The van der Waals surface area contributed by atoms with Gasteiger partial charge in [-0.25, -0.2) is 0 Å². The number of benzene rings is 12. The van der Waals surface area contributed by atoms with Crippen molar-refractivity contribution in [2.45, 2.75) is 5.41 Å². The van der Waals surface area contributed by atoms with Gasteiger partial charge < -0.3 is 4.90 Å². The molecule has 0 N–H and O–H groups in total. The van der Waals surface area contributed by atoms with Gasteiger partial charge in [0.25, 0.3) is 0 Å². The number of rotatable bonds is 9. The lowest BCUT2D eigenvalue weighted by molar-refractivity contribution is 0.768. The smallest absolute Gasteiger partial charge is 0.0714 e. The average molecular weight is 890 g/mol. The summed E-state index contributed by atoms with van der Waals surface area (Å²) < 4.78 is 0. The third kappa shape index (κ3) is 6.70. The molecule has 12 aromatic carbocycles. The molecule has 0 aromatic heterocycles. The Balaban J connectivity index is 1.05. The molecule has 0 atom stereocenters. The van der Waals surface area contributed by atoms with E-state index in [1.807, 2.05) is 0 Å². The predicted molar refractivity (Wildman–Crippen MR) is 295 cm³/mol. The normalized spacial score (nSPS) is 12.4. The highest BCUT2D eigenvalue weighted by atomic mass is 15.2. The van der Waals surface area contributed by atoms with Crippen LogP contribution in [-0.2, 0) is 5.41 Å². The highest BCUT2D eigenvalue weighted by Crippen LogP contribution is 2.60. The lowest BCUT2D eigenvalue weighted by Crippen LogP contribution is -2.28. The second-order valence-electron chi connectivity index (χ2n) is 18.3. The van der Waals surface area contributed by atoms with Gasteiger partial charge in [0.1, 0.15) is 0 Å². The van der Waals surface area contributed by atoms with Gasteiger partial charge in [0, 0.05) is 22.2 Å². The first-order chi connectivity index (χ1) is 34.8. The van der Waals surface area contributed by atoms with Crippen molar-refractivity contribution in [3.63, 3.8) is 0 Å². The van der Waals surface area contributed by atoms with E-state index in [4.69, 9.17) is 0 Å². The number of hydrogen-bond acceptors (Lipinski definition) is 1. The number of nitrogens with zero attached hydrogens (tertiary/aromatic N) is 1. The summed E-state index contributed by atoms with van der Waals surface area (Å²) in [6.45, 7) is 0. The lowest BCUT2D eigenvalue weighted by atomic mass is 9.68. The molecular weight excluding hydrogens is 843 g/mol. The van der Waals surface area contributed by atoms with Gasteiger partial charge in [-0.15, -0.1) is 0 Å². The molecule has 0 unspecified atom stereocenters. The van der Waals surface area contributed by atoms with E-state index < -0.39 is 5.41 Å². The second kappa shape index (κ2) is 17.2. The Labute approximate surface area is 409 Å². The van der Waals surface area contributed by atoms with E-state index >= 15 is 0 Å². The third-order valence-electron chi connectivity index (χ3n) is 14.5. The van der Waals surface area contributed by atoms with E-state index in [0.717, 1.165) is 22.6 Å². The molecule has 0 heterocycles. The molecule has 0 bridgehead atoms. The van der Waals surface area contributed by atoms with E-state index in [2.05, 4.69) is 290 Å². The van der Waals surface area contributed by atoms with Crippen molar-refractivity contribution in [2.24, 2.45) is 0 Å². The summed E-state index contributed by atoms with van der Waals surface area (Å²) >= 11 is 0. The van der Waals surface area contributed by atoms with Crippen LogP contribution in [0.3, 0.4) is 0 Å². The van der Waals surface area contributed by atoms with E-state index in [1.54, 1.807) is 0 Å². The first kappa shape index (κ1) is 41.2. The Hall–Kier alpha value is -9.04. The highest BCUT2D eigenvalue weighted by molar-refractivity contribution is 6.23. The minimum absolute atomic E-state index is 0.553. The summed E-state index contributed by atoms with van der Waals surface area (Å²) in [5.41, 5.74) is 19.9. The van der Waals surface area contributed by atoms with Gasteiger partial charge in [-0.1, -0.05) is 261 Å². The van der Waals surface area contributed by atoms with Crippen LogP contribution >= 0.6 is 0 Å². The number of anilines is 3. The minimum Gasteiger partial charge on any atom is -0.309 e. The van der Waals surface area contributed by atoms with Crippen molar-refractivity contribution in [2.75, 3.05) is 4.90 Å². The lowest BCUT2D eigenvalue weighted by Gasteiger charge is -2.35. The maximum absolute atomic E-state index is 2.57. The third-order valence-corrected chi connectivity index (χ3v) is 14.5. The average Bonchev–Trinajstić information content (AvgIpc) is 3.76. The molecule has 1 aliphatic carbocycles. The monoisotopic (exact) mass is 889 g/mol. The van der Waals surface area contributed by atoms with Crippen molar-refractivity contribution in [3.8, 4) is 55.6 Å². The molecule has 13 rings (SSSR count). The standard InChI is InChI=1S/C69H47N/c1-5-21-48(22-6-1)53-25-19-26-54(47-53)51-41-39-49(40-42-51)50-43-45-57(46-44-50)70(68-61-34-16-14-32-59(61)58-31-13-15-33-60(58)66(68)52-23-7-2-8-24-52)65-38-20-37-64-67(65)62-35-17-18-36-63(62)69(64,55-27-9-3-10-28-55)56-29-11-4-12-30-56/h1-47H. The fourth-order valence-corrected chi connectivity index (χ4v) is 11.5. The van der Waals surface area contributed by atoms with Crippen LogP contribution in [0.25, 0.3) is 77.2 Å². The van der Waals surface area contributed by atoms with Crippen LogP contribution < -0.4 is 4.90 Å². The Kier molecular flexibility index (Phi) is 10.1. The summed E-state index contributed by atoms with van der Waals surface area (Å²) in [5, 5.41) is 4.87. The molecule has 0 saturated heterocycles. The van der Waals surface area contributed by atoms with E-state index in [9.17, 15) is 0 Å². The fraction of sp³-hybridized carbons (Fsp3) is 0.0145. The van der Waals surface area contributed by atoms with Gasteiger partial charge in [-0.05, 0) is 107 Å². The number of hydrogen-bond donors (Lipinski definition) is 0. The molecule has 0 spiro atoms. The first-order valence-electron chi connectivity index (χ1n) is 24.3. The first-order valence-corrected chi connectivity index (χ1v) is 24.3. The maximum atomic E-state index is 2.57. The predicted octanol–water partition coefficient (Wildman–Crippen LogP) is 18.5. The van der Waals surface area contributed by atoms with E-state index in [-0.39, 0.29) is 0 Å². The molecule has 0 fully saturated rings. The Morgan fingerprint density at radius 3 is 1.29 bits per heavy atom. The zero-order chi connectivity index (χ0) is 46.4. The highest BCUT2D eigenvalue weighted by Gasteiger charge is 2.47. The molecule has 0 saturated carbocycles. The van der Waals surface area contributed by atoms with Crippen LogP contribution in [0.15, 0.2) is 285 Å². The van der Waals surface area contributed by atoms with E-state index in [1.165, 1.54) is 93.9 Å². The van der Waals surface area contributed by atoms with Crippen LogP contribution in [-0.4, -0.2) is 0 Å². The van der Waals surface area contributed by atoms with Gasteiger partial charge in [0.15, 0.2) is 0 Å². The Morgan fingerprint density at radius 1 is 0.257 bits per heavy atom. The van der Waals surface area contributed by atoms with Crippen molar-refractivity contribution in [1.82, 2.24) is 0 Å². The molecule has 1 heteroatoms. The van der Waals surface area contributed by atoms with Gasteiger partial charge in [0.2, 0.25) is 0 Å².